The Morgan fingerprint density at radius 1 is 1.34 bits per heavy atom. The second-order valence-electron chi connectivity index (χ2n) is 8.46. The van der Waals surface area contributed by atoms with Crippen LogP contribution in [0.1, 0.15) is 38.7 Å². The molecule has 0 bridgehead atoms. The molecule has 0 amide bonds. The van der Waals surface area contributed by atoms with Gasteiger partial charge in [0.15, 0.2) is 0 Å². The molecule has 3 atom stereocenters. The van der Waals surface area contributed by atoms with Crippen molar-refractivity contribution in [1.29, 1.82) is 5.41 Å². The van der Waals surface area contributed by atoms with Crippen molar-refractivity contribution in [2.45, 2.75) is 38.5 Å². The Labute approximate surface area is 189 Å². The van der Waals surface area contributed by atoms with Gasteiger partial charge in [-0.2, -0.15) is 0 Å². The summed E-state index contributed by atoms with van der Waals surface area (Å²) in [6.45, 7) is 9.77. The van der Waals surface area contributed by atoms with Crippen LogP contribution in [0, 0.1) is 17.2 Å². The molecule has 4 rings (SSSR count). The molecule has 1 saturated carbocycles. The fraction of sp³-hybridized carbons (Fsp3) is 0.696. The third-order valence-corrected chi connectivity index (χ3v) is 8.22. The summed E-state index contributed by atoms with van der Waals surface area (Å²) < 4.78 is 1.17. The SMILES string of the molecule is CC.CN(CSCCCN1CC2C[C@]2(c2ccc(Br)cc2)C1)C(=N)C1CCNC1. The summed E-state index contributed by atoms with van der Waals surface area (Å²) in [4.78, 5) is 4.81. The van der Waals surface area contributed by atoms with Gasteiger partial charge in [-0.15, -0.1) is 11.8 Å². The number of piperidine rings is 1. The zero-order chi connectivity index (χ0) is 20.9. The smallest absolute Gasteiger partial charge is 0.101 e. The summed E-state index contributed by atoms with van der Waals surface area (Å²) >= 11 is 5.53. The van der Waals surface area contributed by atoms with Crippen molar-refractivity contribution in [3.05, 3.63) is 34.3 Å². The molecule has 162 valence electrons. The van der Waals surface area contributed by atoms with Gasteiger partial charge < -0.3 is 15.1 Å². The van der Waals surface area contributed by atoms with Crippen LogP contribution < -0.4 is 5.32 Å². The highest BCUT2D eigenvalue weighted by atomic mass is 79.9. The molecule has 1 aromatic carbocycles. The van der Waals surface area contributed by atoms with Gasteiger partial charge >= 0.3 is 0 Å². The number of rotatable bonds is 8. The van der Waals surface area contributed by atoms with E-state index in [0.717, 1.165) is 37.1 Å². The Morgan fingerprint density at radius 2 is 2.10 bits per heavy atom. The molecule has 2 N–H and O–H groups in total. The van der Waals surface area contributed by atoms with Crippen LogP contribution in [0.5, 0.6) is 0 Å². The van der Waals surface area contributed by atoms with Gasteiger partial charge in [0, 0.05) is 42.5 Å². The van der Waals surface area contributed by atoms with E-state index in [4.69, 9.17) is 5.41 Å². The molecule has 2 saturated heterocycles. The molecule has 0 radical (unpaired) electrons. The van der Waals surface area contributed by atoms with Gasteiger partial charge in [-0.3, -0.25) is 5.41 Å². The lowest BCUT2D eigenvalue weighted by molar-refractivity contribution is 0.299. The van der Waals surface area contributed by atoms with Crippen LogP contribution in [-0.2, 0) is 5.41 Å². The summed E-state index contributed by atoms with van der Waals surface area (Å²) in [6.07, 6.45) is 3.74. The second-order valence-corrected chi connectivity index (χ2v) is 10.5. The summed E-state index contributed by atoms with van der Waals surface area (Å²) in [5.41, 5.74) is 1.99. The minimum Gasteiger partial charge on any atom is -0.354 e. The average molecular weight is 482 g/mol. The monoisotopic (exact) mass is 480 g/mol. The minimum absolute atomic E-state index is 0.418. The number of halogens is 1. The molecule has 3 aliphatic rings. The van der Waals surface area contributed by atoms with Crippen molar-refractivity contribution in [3.8, 4) is 0 Å². The Balaban J connectivity index is 0.00000117. The van der Waals surface area contributed by atoms with Crippen molar-refractivity contribution < 1.29 is 0 Å². The van der Waals surface area contributed by atoms with Crippen LogP contribution in [0.15, 0.2) is 28.7 Å². The zero-order valence-electron chi connectivity index (χ0n) is 18.2. The number of benzene rings is 1. The predicted octanol–water partition coefficient (Wildman–Crippen LogP) is 4.65. The zero-order valence-corrected chi connectivity index (χ0v) is 20.6. The number of hydrogen-bond donors (Lipinski definition) is 2. The third-order valence-electron chi connectivity index (χ3n) is 6.54. The molecule has 3 fully saturated rings. The van der Waals surface area contributed by atoms with Crippen molar-refractivity contribution in [1.82, 2.24) is 15.1 Å². The molecule has 6 heteroatoms. The van der Waals surface area contributed by atoms with Crippen LogP contribution in [0.4, 0.5) is 0 Å². The Bertz CT molecular complexity index is 661. The van der Waals surface area contributed by atoms with Gasteiger partial charge in [-0.1, -0.05) is 41.9 Å². The van der Waals surface area contributed by atoms with E-state index in [9.17, 15) is 0 Å². The topological polar surface area (TPSA) is 42.4 Å². The Kier molecular flexibility index (Phi) is 8.49. The normalized spacial score (nSPS) is 27.9. The first-order chi connectivity index (χ1) is 14.1. The van der Waals surface area contributed by atoms with Crippen molar-refractivity contribution >= 4 is 33.5 Å². The number of thioether (sulfide) groups is 1. The number of nitrogens with one attached hydrogen (secondary N) is 2. The van der Waals surface area contributed by atoms with Crippen molar-refractivity contribution in [2.24, 2.45) is 11.8 Å². The van der Waals surface area contributed by atoms with E-state index in [1.54, 1.807) is 0 Å². The molecule has 4 nitrogen and oxygen atoms in total. The number of nitrogens with zero attached hydrogens (tertiary/aromatic N) is 2. The lowest BCUT2D eigenvalue weighted by atomic mass is 9.95. The maximum Gasteiger partial charge on any atom is 0.101 e. The summed E-state index contributed by atoms with van der Waals surface area (Å²) in [7, 11) is 2.07. The predicted molar refractivity (Wildman–Crippen MR) is 130 cm³/mol. The van der Waals surface area contributed by atoms with E-state index in [1.165, 1.54) is 48.3 Å². The third kappa shape index (κ3) is 5.57. The molecule has 1 aliphatic carbocycles. The van der Waals surface area contributed by atoms with Crippen LogP contribution in [0.25, 0.3) is 0 Å². The van der Waals surface area contributed by atoms with E-state index < -0.39 is 0 Å². The molecule has 29 heavy (non-hydrogen) atoms. The largest absolute Gasteiger partial charge is 0.354 e. The first-order valence-electron chi connectivity index (χ1n) is 11.1. The lowest BCUT2D eigenvalue weighted by Crippen LogP contribution is -2.33. The van der Waals surface area contributed by atoms with Gasteiger partial charge in [0.2, 0.25) is 0 Å². The van der Waals surface area contributed by atoms with Crippen LogP contribution in [0.3, 0.4) is 0 Å². The fourth-order valence-corrected chi connectivity index (χ4v) is 5.99. The fourth-order valence-electron chi connectivity index (χ4n) is 4.85. The van der Waals surface area contributed by atoms with Crippen LogP contribution >= 0.6 is 27.7 Å². The molecular formula is C23H37BrN4S. The molecule has 2 unspecified atom stereocenters. The quantitative estimate of drug-likeness (QED) is 0.246. The van der Waals surface area contributed by atoms with Gasteiger partial charge in [-0.05, 0) is 61.7 Å². The standard InChI is InChI=1S/C21H31BrN4S.C2H6/c1-25(20(23)16-7-8-24-12-16)15-27-10-2-9-26-13-18-11-21(18,14-26)17-3-5-19(22)6-4-17;1-2/h3-6,16,18,23-24H,2,7-15H2,1H3;1-2H3/t16?,18?,21-;/m1./s1. The summed E-state index contributed by atoms with van der Waals surface area (Å²) in [6, 6.07) is 9.01. The number of hydrogen-bond acceptors (Lipinski definition) is 4. The van der Waals surface area contributed by atoms with Gasteiger partial charge in [0.05, 0.1) is 5.88 Å². The van der Waals surface area contributed by atoms with Gasteiger partial charge in [0.25, 0.3) is 0 Å². The van der Waals surface area contributed by atoms with E-state index in [1.807, 2.05) is 25.6 Å². The second kappa shape index (κ2) is 10.7. The molecule has 2 heterocycles. The highest BCUT2D eigenvalue weighted by Crippen LogP contribution is 2.59. The van der Waals surface area contributed by atoms with E-state index in [-0.39, 0.29) is 0 Å². The number of amidine groups is 1. The molecule has 2 aliphatic heterocycles. The first-order valence-corrected chi connectivity index (χ1v) is 13.1. The van der Waals surface area contributed by atoms with Crippen molar-refractivity contribution in [3.63, 3.8) is 0 Å². The highest BCUT2D eigenvalue weighted by molar-refractivity contribution is 9.10. The number of fused-ring (bicyclic) bond motifs is 1. The van der Waals surface area contributed by atoms with E-state index >= 15 is 0 Å². The van der Waals surface area contributed by atoms with Gasteiger partial charge in [0.1, 0.15) is 5.84 Å². The minimum atomic E-state index is 0.418. The number of likely N-dealkylation sites (tertiary alicyclic amines) is 1. The lowest BCUT2D eigenvalue weighted by Gasteiger charge is -2.24. The Hall–Kier alpha value is -0.560. The highest BCUT2D eigenvalue weighted by Gasteiger charge is 2.60. The average Bonchev–Trinajstić information content (AvgIpc) is 3.11. The van der Waals surface area contributed by atoms with Crippen LogP contribution in [0.2, 0.25) is 0 Å². The molecular weight excluding hydrogens is 444 g/mol. The first kappa shape index (κ1) is 23.1. The molecule has 1 aromatic rings. The van der Waals surface area contributed by atoms with E-state index in [0.29, 0.717) is 11.3 Å². The molecule has 0 aromatic heterocycles. The molecule has 0 spiro atoms. The maximum absolute atomic E-state index is 8.31. The van der Waals surface area contributed by atoms with Crippen LogP contribution in [-0.4, -0.2) is 67.0 Å². The Morgan fingerprint density at radius 3 is 2.79 bits per heavy atom. The summed E-state index contributed by atoms with van der Waals surface area (Å²) in [5, 5.41) is 11.7. The van der Waals surface area contributed by atoms with E-state index in [2.05, 4.69) is 62.4 Å². The maximum atomic E-state index is 8.31. The van der Waals surface area contributed by atoms with Crippen molar-refractivity contribution in [2.75, 3.05) is 51.4 Å². The van der Waals surface area contributed by atoms with Gasteiger partial charge in [-0.25, -0.2) is 0 Å². The summed E-state index contributed by atoms with van der Waals surface area (Å²) in [5.74, 6) is 4.23.